The van der Waals surface area contributed by atoms with Crippen LogP contribution in [-0.4, -0.2) is 53.0 Å². The molecular weight excluding hydrogens is 520 g/mol. The molecule has 0 spiro atoms. The molecule has 8 heteroatoms. The van der Waals surface area contributed by atoms with Gasteiger partial charge in [-0.25, -0.2) is 9.59 Å². The van der Waals surface area contributed by atoms with Gasteiger partial charge in [0.2, 0.25) is 0 Å². The molecule has 0 heterocycles. The zero-order valence-electron chi connectivity index (χ0n) is 24.3. The number of alkyl carbamates (subject to hydrolysis) is 1. The molecule has 218 valence electrons. The monoisotopic (exact) mass is 560 g/mol. The van der Waals surface area contributed by atoms with E-state index in [4.69, 9.17) is 4.74 Å². The van der Waals surface area contributed by atoms with Gasteiger partial charge in [-0.15, -0.1) is 0 Å². The molecule has 0 unspecified atom stereocenters. The summed E-state index contributed by atoms with van der Waals surface area (Å²) in [5.41, 5.74) is 4.95. The number of aliphatic imine (C=N–C) groups is 1. The van der Waals surface area contributed by atoms with Crippen LogP contribution in [0.2, 0.25) is 0 Å². The van der Waals surface area contributed by atoms with Crippen LogP contribution in [-0.2, 0) is 14.3 Å². The van der Waals surface area contributed by atoms with Crippen molar-refractivity contribution in [1.29, 1.82) is 0 Å². The second kappa shape index (κ2) is 12.7. The molecule has 0 saturated carbocycles. The quantitative estimate of drug-likeness (QED) is 0.214. The van der Waals surface area contributed by atoms with Crippen LogP contribution in [0.4, 0.5) is 4.79 Å². The molecule has 2 aliphatic carbocycles. The van der Waals surface area contributed by atoms with E-state index in [2.05, 4.69) is 10.3 Å². The number of nitrogens with one attached hydrogen (secondary N) is 1. The summed E-state index contributed by atoms with van der Waals surface area (Å²) in [6.07, 6.45) is 1.02. The Morgan fingerprint density at radius 2 is 1.66 bits per heavy atom. The van der Waals surface area contributed by atoms with Crippen molar-refractivity contribution in [2.24, 2.45) is 16.3 Å². The van der Waals surface area contributed by atoms with Crippen molar-refractivity contribution in [3.8, 4) is 11.1 Å². The summed E-state index contributed by atoms with van der Waals surface area (Å²) in [5.74, 6) is -1.10. The third kappa shape index (κ3) is 7.23. The number of ether oxygens (including phenoxy) is 1. The lowest BCUT2D eigenvalue weighted by molar-refractivity contribution is -0.139. The van der Waals surface area contributed by atoms with Crippen LogP contribution < -0.4 is 5.32 Å². The Kier molecular flexibility index (Phi) is 9.31. The van der Waals surface area contributed by atoms with Crippen molar-refractivity contribution < 1.29 is 29.3 Å². The maximum absolute atomic E-state index is 12.9. The lowest BCUT2D eigenvalue weighted by atomic mass is 9.75. The van der Waals surface area contributed by atoms with Gasteiger partial charge in [0.25, 0.3) is 0 Å². The molecule has 2 aromatic carbocycles. The summed E-state index contributed by atoms with van der Waals surface area (Å²) < 4.78 is 5.52. The predicted octanol–water partition coefficient (Wildman–Crippen LogP) is 6.45. The van der Waals surface area contributed by atoms with E-state index >= 15 is 0 Å². The Morgan fingerprint density at radius 1 is 1.05 bits per heavy atom. The number of allylic oxidation sites excluding steroid dienone is 2. The number of carbonyl (C=O) groups excluding carboxylic acids is 2. The molecule has 0 aromatic heterocycles. The first kappa shape index (κ1) is 30.0. The highest BCUT2D eigenvalue weighted by atomic mass is 16.5. The minimum Gasteiger partial charge on any atom is -0.511 e. The van der Waals surface area contributed by atoms with Crippen molar-refractivity contribution in [2.75, 3.05) is 13.2 Å². The third-order valence-corrected chi connectivity index (χ3v) is 7.63. The van der Waals surface area contributed by atoms with Gasteiger partial charge >= 0.3 is 12.1 Å². The molecule has 41 heavy (non-hydrogen) atoms. The highest BCUT2D eigenvalue weighted by molar-refractivity contribution is 6.23. The molecule has 0 radical (unpaired) electrons. The van der Waals surface area contributed by atoms with E-state index in [1.807, 2.05) is 76.2 Å². The smallest absolute Gasteiger partial charge is 0.407 e. The lowest BCUT2D eigenvalue weighted by Gasteiger charge is -2.30. The van der Waals surface area contributed by atoms with Crippen molar-refractivity contribution >= 4 is 23.6 Å². The van der Waals surface area contributed by atoms with E-state index < -0.39 is 18.1 Å². The van der Waals surface area contributed by atoms with Gasteiger partial charge in [0, 0.05) is 31.0 Å². The number of carboxylic acids is 1. The van der Waals surface area contributed by atoms with Crippen LogP contribution in [0.1, 0.15) is 76.8 Å². The van der Waals surface area contributed by atoms with E-state index in [0.29, 0.717) is 37.0 Å². The molecule has 4 rings (SSSR count). The Balaban J connectivity index is 1.35. The number of carboxylic acid groups (broad SMARTS) is 1. The average molecular weight is 561 g/mol. The number of fused-ring (bicyclic) bond motifs is 3. The Hall–Kier alpha value is -3.94. The SMILES string of the molecule is CC(C)CC(=NCCC[C@@H](NC(=O)OCC1c2ccccc2-c2ccccc21)C(=O)O)C1=C(O)CC(C)(C)CC1=O. The first-order chi connectivity index (χ1) is 19.5. The van der Waals surface area contributed by atoms with Crippen molar-refractivity contribution in [2.45, 2.75) is 71.8 Å². The van der Waals surface area contributed by atoms with E-state index in [0.717, 1.165) is 22.3 Å². The van der Waals surface area contributed by atoms with Crippen molar-refractivity contribution in [3.05, 3.63) is 71.0 Å². The molecule has 2 aliphatic rings. The van der Waals surface area contributed by atoms with Crippen LogP contribution in [0, 0.1) is 11.3 Å². The van der Waals surface area contributed by atoms with Crippen LogP contribution in [0.3, 0.4) is 0 Å². The summed E-state index contributed by atoms with van der Waals surface area (Å²) >= 11 is 0. The number of aliphatic carboxylic acids is 1. The molecule has 1 atom stereocenters. The van der Waals surface area contributed by atoms with Gasteiger partial charge in [-0.3, -0.25) is 9.79 Å². The molecule has 0 bridgehead atoms. The van der Waals surface area contributed by atoms with Crippen LogP contribution in [0.5, 0.6) is 0 Å². The van der Waals surface area contributed by atoms with E-state index in [-0.39, 0.29) is 48.4 Å². The Bertz CT molecular complexity index is 1330. The molecule has 2 aromatic rings. The first-order valence-electron chi connectivity index (χ1n) is 14.3. The topological polar surface area (TPSA) is 125 Å². The summed E-state index contributed by atoms with van der Waals surface area (Å²) in [5, 5.41) is 22.9. The second-order valence-corrected chi connectivity index (χ2v) is 12.2. The number of ketones is 1. The van der Waals surface area contributed by atoms with Crippen LogP contribution >= 0.6 is 0 Å². The van der Waals surface area contributed by atoms with Crippen LogP contribution in [0.15, 0.2) is 64.9 Å². The molecule has 0 aliphatic heterocycles. The number of benzene rings is 2. The lowest BCUT2D eigenvalue weighted by Crippen LogP contribution is -2.41. The number of aliphatic hydroxyl groups is 1. The zero-order chi connectivity index (χ0) is 29.7. The summed E-state index contributed by atoms with van der Waals surface area (Å²) in [7, 11) is 0. The number of hydrogen-bond donors (Lipinski definition) is 3. The van der Waals surface area contributed by atoms with Gasteiger partial charge in [0.15, 0.2) is 5.78 Å². The number of amides is 1. The zero-order valence-corrected chi connectivity index (χ0v) is 24.3. The molecule has 0 saturated heterocycles. The maximum atomic E-state index is 12.9. The summed E-state index contributed by atoms with van der Waals surface area (Å²) in [6, 6.07) is 14.9. The summed E-state index contributed by atoms with van der Waals surface area (Å²) in [4.78, 5) is 42.0. The van der Waals surface area contributed by atoms with Gasteiger partial charge in [-0.2, -0.15) is 0 Å². The minimum absolute atomic E-state index is 0.0750. The van der Waals surface area contributed by atoms with Gasteiger partial charge in [-0.1, -0.05) is 76.2 Å². The van der Waals surface area contributed by atoms with E-state index in [1.54, 1.807) is 0 Å². The standard InChI is InChI=1S/C33H40N2O6/c1-20(2)16-27(30-28(36)17-33(3,4)18-29(30)37)34-15-9-14-26(31(38)39)35-32(40)41-19-25-23-12-7-5-10-21(23)22-11-6-8-13-24(22)25/h5-8,10-13,20,25-26,36H,9,14-19H2,1-4H3,(H,35,40)(H,38,39)/t26-/m1/s1. The number of hydrogen-bond acceptors (Lipinski definition) is 6. The maximum Gasteiger partial charge on any atom is 0.407 e. The highest BCUT2D eigenvalue weighted by Gasteiger charge is 2.35. The minimum atomic E-state index is -1.16. The molecule has 8 nitrogen and oxygen atoms in total. The fraction of sp³-hybridized carbons (Fsp3) is 0.455. The number of nitrogens with zero attached hydrogens (tertiary/aromatic N) is 1. The number of aliphatic hydroxyl groups excluding tert-OH is 1. The fourth-order valence-electron chi connectivity index (χ4n) is 5.80. The van der Waals surface area contributed by atoms with Crippen molar-refractivity contribution in [3.63, 3.8) is 0 Å². The highest BCUT2D eigenvalue weighted by Crippen LogP contribution is 2.44. The largest absolute Gasteiger partial charge is 0.511 e. The normalized spacial score (nSPS) is 17.3. The number of carbonyl (C=O) groups is 3. The van der Waals surface area contributed by atoms with Crippen molar-refractivity contribution in [1.82, 2.24) is 5.32 Å². The first-order valence-corrected chi connectivity index (χ1v) is 14.3. The Labute approximate surface area is 241 Å². The van der Waals surface area contributed by atoms with E-state index in [1.165, 1.54) is 0 Å². The third-order valence-electron chi connectivity index (χ3n) is 7.63. The molecular formula is C33H40N2O6. The summed E-state index contributed by atoms with van der Waals surface area (Å²) in [6.45, 7) is 8.30. The van der Waals surface area contributed by atoms with Gasteiger partial charge in [0.05, 0.1) is 5.57 Å². The van der Waals surface area contributed by atoms with E-state index in [9.17, 15) is 24.6 Å². The average Bonchev–Trinajstić information content (AvgIpc) is 3.21. The van der Waals surface area contributed by atoms with Gasteiger partial charge < -0.3 is 20.3 Å². The molecule has 3 N–H and O–H groups in total. The van der Waals surface area contributed by atoms with Gasteiger partial charge in [-0.05, 0) is 52.8 Å². The predicted molar refractivity (Wildman–Crippen MR) is 158 cm³/mol. The molecule has 0 fully saturated rings. The van der Waals surface area contributed by atoms with Crippen LogP contribution in [0.25, 0.3) is 11.1 Å². The fourth-order valence-corrected chi connectivity index (χ4v) is 5.80. The number of Topliss-reactive ketones (excluding diaryl/α,β-unsaturated/α-hetero) is 1. The number of rotatable bonds is 11. The molecule has 1 amide bonds. The van der Waals surface area contributed by atoms with Gasteiger partial charge in [0.1, 0.15) is 18.4 Å². The Morgan fingerprint density at radius 3 is 2.22 bits per heavy atom. The second-order valence-electron chi connectivity index (χ2n) is 12.2.